The number of aryl methyl sites for hydroxylation is 1. The summed E-state index contributed by atoms with van der Waals surface area (Å²) < 4.78 is 0. The van der Waals surface area contributed by atoms with Crippen molar-refractivity contribution in [2.45, 2.75) is 19.8 Å². The van der Waals surface area contributed by atoms with Crippen LogP contribution in [0.2, 0.25) is 5.02 Å². The first kappa shape index (κ1) is 10.1. The van der Waals surface area contributed by atoms with E-state index in [0.717, 1.165) is 23.8 Å². The highest BCUT2D eigenvalue weighted by Crippen LogP contribution is 2.23. The maximum Gasteiger partial charge on any atom is 0.124 e. The molecule has 0 saturated heterocycles. The Morgan fingerprint density at radius 3 is 2.69 bits per heavy atom. The number of nitrogen functional groups attached to an aromatic ring is 1. The molecule has 0 aromatic heterocycles. The van der Waals surface area contributed by atoms with E-state index in [1.807, 2.05) is 13.0 Å². The lowest BCUT2D eigenvalue weighted by atomic mass is 10.0. The van der Waals surface area contributed by atoms with Gasteiger partial charge in [0.05, 0.1) is 0 Å². The number of anilines is 1. The second-order valence-corrected chi connectivity index (χ2v) is 3.27. The van der Waals surface area contributed by atoms with Gasteiger partial charge in [0.2, 0.25) is 0 Å². The first-order valence-electron chi connectivity index (χ1n) is 4.19. The highest BCUT2D eigenvalue weighted by Gasteiger charge is 2.04. The van der Waals surface area contributed by atoms with Gasteiger partial charge in [-0.1, -0.05) is 24.6 Å². The van der Waals surface area contributed by atoms with Crippen molar-refractivity contribution in [2.75, 3.05) is 5.73 Å². The van der Waals surface area contributed by atoms with Gasteiger partial charge in [-0.15, -0.1) is 0 Å². The van der Waals surface area contributed by atoms with Crippen molar-refractivity contribution < 1.29 is 4.79 Å². The van der Waals surface area contributed by atoms with Gasteiger partial charge in [0.25, 0.3) is 0 Å². The van der Waals surface area contributed by atoms with E-state index in [1.165, 1.54) is 0 Å². The molecule has 1 aromatic carbocycles. The monoisotopic (exact) mass is 197 g/mol. The van der Waals surface area contributed by atoms with Crippen molar-refractivity contribution in [3.8, 4) is 0 Å². The fourth-order valence-corrected chi connectivity index (χ4v) is 1.53. The summed E-state index contributed by atoms with van der Waals surface area (Å²) in [6.45, 7) is 2.02. The van der Waals surface area contributed by atoms with E-state index in [0.29, 0.717) is 17.1 Å². The van der Waals surface area contributed by atoms with Gasteiger partial charge in [-0.05, 0) is 23.6 Å². The Kier molecular flexibility index (Phi) is 3.32. The molecule has 0 atom stereocenters. The van der Waals surface area contributed by atoms with E-state index in [1.54, 1.807) is 6.07 Å². The van der Waals surface area contributed by atoms with Gasteiger partial charge in [-0.2, -0.15) is 0 Å². The molecule has 0 fully saturated rings. The lowest BCUT2D eigenvalue weighted by Crippen LogP contribution is -1.97. The number of carbonyl (C=O) groups excluding carboxylic acids is 1. The number of benzene rings is 1. The zero-order valence-corrected chi connectivity index (χ0v) is 8.27. The number of hydrogen-bond donors (Lipinski definition) is 1. The van der Waals surface area contributed by atoms with Crippen LogP contribution in [-0.4, -0.2) is 6.29 Å². The summed E-state index contributed by atoms with van der Waals surface area (Å²) in [4.78, 5) is 10.3. The fourth-order valence-electron chi connectivity index (χ4n) is 1.22. The smallest absolute Gasteiger partial charge is 0.124 e. The van der Waals surface area contributed by atoms with Crippen molar-refractivity contribution in [1.29, 1.82) is 0 Å². The van der Waals surface area contributed by atoms with Crippen LogP contribution in [0.3, 0.4) is 0 Å². The molecule has 13 heavy (non-hydrogen) atoms. The van der Waals surface area contributed by atoms with Crippen molar-refractivity contribution in [2.24, 2.45) is 0 Å². The highest BCUT2D eigenvalue weighted by molar-refractivity contribution is 6.31. The van der Waals surface area contributed by atoms with Crippen molar-refractivity contribution in [3.63, 3.8) is 0 Å². The minimum Gasteiger partial charge on any atom is -0.398 e. The number of rotatable bonds is 3. The van der Waals surface area contributed by atoms with Gasteiger partial charge in [0.1, 0.15) is 6.29 Å². The zero-order chi connectivity index (χ0) is 9.84. The Morgan fingerprint density at radius 1 is 1.46 bits per heavy atom. The Bertz CT molecular complexity index is 323. The Balaban J connectivity index is 3.13. The van der Waals surface area contributed by atoms with Crippen LogP contribution in [0.4, 0.5) is 5.69 Å². The highest BCUT2D eigenvalue weighted by atomic mass is 35.5. The summed E-state index contributed by atoms with van der Waals surface area (Å²) in [5.74, 6) is 0. The normalized spacial score (nSPS) is 10.0. The van der Waals surface area contributed by atoms with Crippen molar-refractivity contribution in [3.05, 3.63) is 28.3 Å². The standard InChI is InChI=1S/C10H12ClNO/c1-2-7-5-8(3-4-13)10(12)6-9(7)11/h4-6H,2-3,12H2,1H3. The first-order valence-corrected chi connectivity index (χ1v) is 4.57. The van der Waals surface area contributed by atoms with Crippen molar-refractivity contribution >= 4 is 23.6 Å². The molecule has 2 N–H and O–H groups in total. The molecule has 1 aromatic rings. The molecule has 0 aliphatic rings. The van der Waals surface area contributed by atoms with Crippen LogP contribution in [0, 0.1) is 0 Å². The average molecular weight is 198 g/mol. The lowest BCUT2D eigenvalue weighted by Gasteiger charge is -2.07. The van der Waals surface area contributed by atoms with Gasteiger partial charge in [-0.3, -0.25) is 0 Å². The van der Waals surface area contributed by atoms with Crippen LogP contribution >= 0.6 is 11.6 Å². The summed E-state index contributed by atoms with van der Waals surface area (Å²) in [6.07, 6.45) is 2.06. The molecule has 0 heterocycles. The topological polar surface area (TPSA) is 43.1 Å². The number of aldehydes is 1. The maximum absolute atomic E-state index is 10.3. The van der Waals surface area contributed by atoms with E-state index in [4.69, 9.17) is 17.3 Å². The molecule has 0 saturated carbocycles. The van der Waals surface area contributed by atoms with E-state index in [9.17, 15) is 4.79 Å². The van der Waals surface area contributed by atoms with Gasteiger partial charge in [0.15, 0.2) is 0 Å². The third kappa shape index (κ3) is 2.22. The number of nitrogens with two attached hydrogens (primary N) is 1. The summed E-state index contributed by atoms with van der Waals surface area (Å²) in [5.41, 5.74) is 8.17. The van der Waals surface area contributed by atoms with E-state index in [2.05, 4.69) is 0 Å². The van der Waals surface area contributed by atoms with Crippen LogP contribution in [-0.2, 0) is 17.6 Å². The SMILES string of the molecule is CCc1cc(CC=O)c(N)cc1Cl. The van der Waals surface area contributed by atoms with Crippen molar-refractivity contribution in [1.82, 2.24) is 0 Å². The first-order chi connectivity index (χ1) is 6.19. The molecule has 0 spiro atoms. The Hall–Kier alpha value is -1.02. The van der Waals surface area contributed by atoms with Crippen LogP contribution < -0.4 is 5.73 Å². The Morgan fingerprint density at radius 2 is 2.15 bits per heavy atom. The van der Waals surface area contributed by atoms with Gasteiger partial charge in [0, 0.05) is 17.1 Å². The average Bonchev–Trinajstić information content (AvgIpc) is 2.10. The summed E-state index contributed by atoms with van der Waals surface area (Å²) in [7, 11) is 0. The second kappa shape index (κ2) is 4.28. The number of carbonyl (C=O) groups is 1. The molecule has 0 aliphatic carbocycles. The predicted octanol–water partition coefficient (Wildman–Crippen LogP) is 2.23. The minimum absolute atomic E-state index is 0.357. The van der Waals surface area contributed by atoms with Crippen LogP contribution in [0.15, 0.2) is 12.1 Å². The third-order valence-corrected chi connectivity index (χ3v) is 2.34. The van der Waals surface area contributed by atoms with Crippen LogP contribution in [0.5, 0.6) is 0 Å². The van der Waals surface area contributed by atoms with E-state index >= 15 is 0 Å². The summed E-state index contributed by atoms with van der Waals surface area (Å²) in [5, 5.41) is 0.676. The molecule has 3 heteroatoms. The zero-order valence-electron chi connectivity index (χ0n) is 7.51. The molecular weight excluding hydrogens is 186 g/mol. The van der Waals surface area contributed by atoms with Crippen LogP contribution in [0.25, 0.3) is 0 Å². The molecule has 2 nitrogen and oxygen atoms in total. The second-order valence-electron chi connectivity index (χ2n) is 2.87. The van der Waals surface area contributed by atoms with Gasteiger partial charge < -0.3 is 10.5 Å². The number of halogens is 1. The largest absolute Gasteiger partial charge is 0.398 e. The number of hydrogen-bond acceptors (Lipinski definition) is 2. The molecule has 0 unspecified atom stereocenters. The molecule has 0 aliphatic heterocycles. The molecule has 0 radical (unpaired) electrons. The fraction of sp³-hybridized carbons (Fsp3) is 0.300. The quantitative estimate of drug-likeness (QED) is 0.597. The minimum atomic E-state index is 0.357. The lowest BCUT2D eigenvalue weighted by molar-refractivity contribution is -0.107. The van der Waals surface area contributed by atoms with Gasteiger partial charge >= 0.3 is 0 Å². The third-order valence-electron chi connectivity index (χ3n) is 1.99. The maximum atomic E-state index is 10.3. The molecular formula is C10H12ClNO. The molecule has 0 amide bonds. The van der Waals surface area contributed by atoms with Gasteiger partial charge in [-0.25, -0.2) is 0 Å². The predicted molar refractivity (Wildman–Crippen MR) is 55.0 cm³/mol. The Labute approximate surface area is 82.7 Å². The molecule has 1 rings (SSSR count). The molecule has 0 bridgehead atoms. The van der Waals surface area contributed by atoms with Crippen LogP contribution in [0.1, 0.15) is 18.1 Å². The van der Waals surface area contributed by atoms with E-state index < -0.39 is 0 Å². The molecule has 70 valence electrons. The summed E-state index contributed by atoms with van der Waals surface area (Å²) in [6, 6.07) is 3.60. The van der Waals surface area contributed by atoms with E-state index in [-0.39, 0.29) is 0 Å². The summed E-state index contributed by atoms with van der Waals surface area (Å²) >= 11 is 5.93.